The third-order valence-corrected chi connectivity index (χ3v) is 22.9. The second-order valence-corrected chi connectivity index (χ2v) is 20.6. The van der Waals surface area contributed by atoms with Crippen molar-refractivity contribution >= 4 is 20.6 Å². The van der Waals surface area contributed by atoms with Crippen LogP contribution in [0.5, 0.6) is 0 Å². The molecule has 0 heterocycles. The van der Waals surface area contributed by atoms with Crippen molar-refractivity contribution in [2.24, 2.45) is 0 Å². The lowest BCUT2D eigenvalue weighted by Gasteiger charge is -2.46. The van der Waals surface area contributed by atoms with E-state index in [-0.39, 0.29) is 0 Å². The van der Waals surface area contributed by atoms with Crippen molar-refractivity contribution in [2.45, 2.75) is 57.3 Å². The molecule has 1 unspecified atom stereocenters. The fourth-order valence-corrected chi connectivity index (χ4v) is 16.4. The summed E-state index contributed by atoms with van der Waals surface area (Å²) in [5.74, 6) is 0. The highest BCUT2D eigenvalue weighted by molar-refractivity contribution is 7.44. The van der Waals surface area contributed by atoms with E-state index >= 15 is 0 Å². The molecule has 0 saturated heterocycles. The van der Waals surface area contributed by atoms with Crippen LogP contribution < -0.4 is 5.19 Å². The third-order valence-electron chi connectivity index (χ3n) is 5.54. The summed E-state index contributed by atoms with van der Waals surface area (Å²) in [5.41, 5.74) is 0.869. The van der Waals surface area contributed by atoms with E-state index in [1.165, 1.54) is 32.1 Å². The van der Waals surface area contributed by atoms with Crippen LogP contribution in [0.1, 0.15) is 32.1 Å². The first-order valence-corrected chi connectivity index (χ1v) is 14.1. The van der Waals surface area contributed by atoms with Gasteiger partial charge >= 0.3 is 0 Å². The number of rotatable bonds is 4. The van der Waals surface area contributed by atoms with E-state index in [2.05, 4.69) is 50.0 Å². The summed E-state index contributed by atoms with van der Waals surface area (Å²) in [6.07, 6.45) is 7.06. The van der Waals surface area contributed by atoms with Gasteiger partial charge in [-0.05, 0) is 12.1 Å². The smallest absolute Gasteiger partial charge is 0.184 e. The zero-order valence-electron chi connectivity index (χ0n) is 12.9. The summed E-state index contributed by atoms with van der Waals surface area (Å²) >= 11 is 0. The quantitative estimate of drug-likeness (QED) is 0.754. The molecular weight excluding hydrogens is 264 g/mol. The van der Waals surface area contributed by atoms with Crippen molar-refractivity contribution in [2.75, 3.05) is 7.11 Å². The zero-order chi connectivity index (χ0) is 13.9. The highest BCUT2D eigenvalue weighted by Gasteiger charge is 2.52. The third kappa shape index (κ3) is 2.74. The van der Waals surface area contributed by atoms with Crippen molar-refractivity contribution in [3.05, 3.63) is 30.3 Å². The van der Waals surface area contributed by atoms with Crippen LogP contribution in [0.4, 0.5) is 0 Å². The summed E-state index contributed by atoms with van der Waals surface area (Å²) in [5, 5.41) is 1.58. The summed E-state index contributed by atoms with van der Waals surface area (Å²) in [4.78, 5) is 0. The van der Waals surface area contributed by atoms with Crippen LogP contribution in [0.25, 0.3) is 0 Å². The first kappa shape index (κ1) is 15.0. The molecule has 106 valence electrons. The molecule has 0 amide bonds. The Morgan fingerprint density at radius 1 is 0.947 bits per heavy atom. The van der Waals surface area contributed by atoms with Crippen LogP contribution in [0.15, 0.2) is 30.3 Å². The predicted molar refractivity (Wildman–Crippen MR) is 89.0 cm³/mol. The fraction of sp³-hybridized carbons (Fsp3) is 0.625. The summed E-state index contributed by atoms with van der Waals surface area (Å²) in [6.45, 7) is 7.58. The second-order valence-electron chi connectivity index (χ2n) is 6.64. The molecule has 3 heteroatoms. The van der Waals surface area contributed by atoms with Gasteiger partial charge in [0.2, 0.25) is 0 Å². The van der Waals surface area contributed by atoms with Crippen LogP contribution in [-0.2, 0) is 4.43 Å². The molecule has 1 atom stereocenters. The zero-order valence-corrected chi connectivity index (χ0v) is 14.9. The molecule has 0 N–H and O–H groups in total. The molecule has 1 aliphatic carbocycles. The highest BCUT2D eigenvalue weighted by Crippen LogP contribution is 2.41. The van der Waals surface area contributed by atoms with Gasteiger partial charge in [0.1, 0.15) is 7.59 Å². The molecule has 0 aliphatic heterocycles. The molecule has 1 fully saturated rings. The lowest BCUT2D eigenvalue weighted by Crippen LogP contribution is -2.68. The lowest BCUT2D eigenvalue weighted by molar-refractivity contribution is 0.373. The first-order valence-electron chi connectivity index (χ1n) is 7.63. The Labute approximate surface area is 120 Å². The van der Waals surface area contributed by atoms with Crippen molar-refractivity contribution in [1.29, 1.82) is 0 Å². The van der Waals surface area contributed by atoms with Crippen LogP contribution in [0.2, 0.25) is 25.2 Å². The van der Waals surface area contributed by atoms with Gasteiger partial charge in [-0.3, -0.25) is 0 Å². The number of hydrogen-bond donors (Lipinski definition) is 0. The van der Waals surface area contributed by atoms with Gasteiger partial charge in [0.25, 0.3) is 0 Å². The van der Waals surface area contributed by atoms with Gasteiger partial charge in [0.05, 0.1) is 0 Å². The van der Waals surface area contributed by atoms with Gasteiger partial charge in [-0.25, -0.2) is 0 Å². The Kier molecular flexibility index (Phi) is 4.69. The van der Waals surface area contributed by atoms with E-state index in [9.17, 15) is 0 Å². The minimum absolute atomic E-state index is 0.869. The van der Waals surface area contributed by atoms with Gasteiger partial charge < -0.3 is 4.43 Å². The summed E-state index contributed by atoms with van der Waals surface area (Å²) in [6, 6.07) is 11.2. The fourth-order valence-electron chi connectivity index (χ4n) is 3.73. The maximum absolute atomic E-state index is 6.30. The molecule has 1 aliphatic rings. The summed E-state index contributed by atoms with van der Waals surface area (Å²) < 4.78 is 6.30. The molecule has 0 bridgehead atoms. The Bertz CT molecular complexity index is 398. The standard InChI is InChI=1S/C16H28OSi2/c1-17-19(4,16-13-9-6-10-14-16)18(2,3)15-11-7-5-8-12-15/h5,7-8,11-12,16H,6,9-10,13-14H2,1-4H3. The average molecular weight is 293 g/mol. The van der Waals surface area contributed by atoms with Gasteiger partial charge in [-0.1, -0.05) is 80.7 Å². The molecule has 1 aromatic rings. The van der Waals surface area contributed by atoms with Crippen LogP contribution in [0, 0.1) is 0 Å². The minimum Gasteiger partial charge on any atom is -0.422 e. The molecule has 1 aromatic carbocycles. The normalized spacial score (nSPS) is 21.1. The molecule has 0 radical (unpaired) electrons. The van der Waals surface area contributed by atoms with Crippen LogP contribution in [-0.4, -0.2) is 22.5 Å². The van der Waals surface area contributed by atoms with E-state index in [0.29, 0.717) is 0 Å². The molecule has 0 aromatic heterocycles. The maximum Gasteiger partial charge on any atom is 0.184 e. The van der Waals surface area contributed by atoms with E-state index in [1.54, 1.807) is 5.19 Å². The van der Waals surface area contributed by atoms with Gasteiger partial charge in [0.15, 0.2) is 7.83 Å². The Morgan fingerprint density at radius 2 is 1.53 bits per heavy atom. The Hall–Kier alpha value is -0.386. The van der Waals surface area contributed by atoms with Crippen molar-refractivity contribution in [3.8, 4) is 0 Å². The molecular formula is C16H28OSi2. The SMILES string of the molecule is CO[Si](C)(C1CCCCC1)[Si](C)(C)c1ccccc1. The van der Waals surface area contributed by atoms with Crippen molar-refractivity contribution < 1.29 is 4.43 Å². The van der Waals surface area contributed by atoms with E-state index in [1.807, 2.05) is 7.11 Å². The van der Waals surface area contributed by atoms with Gasteiger partial charge in [-0.15, -0.1) is 0 Å². The Morgan fingerprint density at radius 3 is 2.05 bits per heavy atom. The van der Waals surface area contributed by atoms with E-state index < -0.39 is 15.4 Å². The van der Waals surface area contributed by atoms with Crippen LogP contribution in [0.3, 0.4) is 0 Å². The summed E-state index contributed by atoms with van der Waals surface area (Å²) in [7, 11) is -1.17. The van der Waals surface area contributed by atoms with Crippen LogP contribution >= 0.6 is 0 Å². The minimum atomic E-state index is -1.65. The van der Waals surface area contributed by atoms with Crippen molar-refractivity contribution in [1.82, 2.24) is 0 Å². The monoisotopic (exact) mass is 292 g/mol. The number of benzene rings is 1. The van der Waals surface area contributed by atoms with Gasteiger partial charge in [-0.2, -0.15) is 0 Å². The average Bonchev–Trinajstić information content (AvgIpc) is 2.48. The molecule has 1 saturated carbocycles. The largest absolute Gasteiger partial charge is 0.422 e. The maximum atomic E-state index is 6.30. The van der Waals surface area contributed by atoms with Crippen molar-refractivity contribution in [3.63, 3.8) is 0 Å². The first-order chi connectivity index (χ1) is 9.02. The molecule has 1 nitrogen and oxygen atoms in total. The van der Waals surface area contributed by atoms with Gasteiger partial charge in [0, 0.05) is 7.11 Å². The molecule has 19 heavy (non-hydrogen) atoms. The van der Waals surface area contributed by atoms with E-state index in [4.69, 9.17) is 4.43 Å². The topological polar surface area (TPSA) is 9.23 Å². The molecule has 0 spiro atoms. The predicted octanol–water partition coefficient (Wildman–Crippen LogP) is 4.24. The lowest BCUT2D eigenvalue weighted by atomic mass is 10.0. The highest BCUT2D eigenvalue weighted by atomic mass is 29.3. The molecule has 2 rings (SSSR count). The number of hydrogen-bond acceptors (Lipinski definition) is 1. The Balaban J connectivity index is 2.33. The van der Waals surface area contributed by atoms with E-state index in [0.717, 1.165) is 5.54 Å². The second kappa shape index (κ2) is 5.94.